The van der Waals surface area contributed by atoms with Gasteiger partial charge in [0.25, 0.3) is 0 Å². The Morgan fingerprint density at radius 1 is 1.11 bits per heavy atom. The minimum atomic E-state index is -1.41. The van der Waals surface area contributed by atoms with Crippen molar-refractivity contribution in [1.82, 2.24) is 0 Å². The Balaban J connectivity index is 1.96. The lowest BCUT2D eigenvalue weighted by atomic mass is 9.99. The zero-order valence-corrected chi connectivity index (χ0v) is 10.8. The molecule has 0 spiro atoms. The van der Waals surface area contributed by atoms with Crippen LogP contribution in [0.2, 0.25) is 0 Å². The molecule has 0 radical (unpaired) electrons. The summed E-state index contributed by atoms with van der Waals surface area (Å²) >= 11 is 0.972. The maximum atomic E-state index is 9.85. The number of aliphatic hydroxyl groups excluding tert-OH is 4. The maximum Gasteiger partial charge on any atom is 0.185 e. The van der Waals surface area contributed by atoms with Crippen LogP contribution in [0.3, 0.4) is 0 Å². The van der Waals surface area contributed by atoms with E-state index >= 15 is 0 Å². The van der Waals surface area contributed by atoms with E-state index in [-0.39, 0.29) is 0 Å². The van der Waals surface area contributed by atoms with Gasteiger partial charge in [0.05, 0.1) is 6.61 Å². The Kier molecular flexibility index (Phi) is 5.17. The molecule has 1 saturated heterocycles. The number of hydrogen-bond donors (Lipinski definition) is 4. The van der Waals surface area contributed by atoms with Gasteiger partial charge in [-0.05, 0) is 12.1 Å². The van der Waals surface area contributed by atoms with Crippen molar-refractivity contribution in [2.24, 2.45) is 0 Å². The van der Waals surface area contributed by atoms with Crippen molar-refractivity contribution in [3.63, 3.8) is 0 Å². The van der Waals surface area contributed by atoms with Gasteiger partial charge in [-0.1, -0.05) is 18.2 Å². The van der Waals surface area contributed by atoms with E-state index in [1.807, 2.05) is 18.2 Å². The van der Waals surface area contributed by atoms with E-state index < -0.39 is 37.3 Å². The van der Waals surface area contributed by atoms with Gasteiger partial charge in [-0.2, -0.15) is 0 Å². The summed E-state index contributed by atoms with van der Waals surface area (Å²) in [5, 5.41) is 38.2. The quantitative estimate of drug-likeness (QED) is 0.555. The summed E-state index contributed by atoms with van der Waals surface area (Å²) in [7, 11) is 0. The molecule has 2 rings (SSSR count). The largest absolute Gasteiger partial charge is 0.394 e. The fourth-order valence-corrected chi connectivity index (χ4v) is 2.46. The zero-order valence-electron chi connectivity index (χ0n) is 9.99. The van der Waals surface area contributed by atoms with Crippen LogP contribution in [0, 0.1) is 0 Å². The van der Waals surface area contributed by atoms with Gasteiger partial charge in [0.2, 0.25) is 0 Å². The molecule has 1 unspecified atom stereocenters. The molecular weight excluding hydrogens is 272 g/mol. The van der Waals surface area contributed by atoms with E-state index in [1.165, 1.54) is 0 Å². The molecule has 0 bridgehead atoms. The Morgan fingerprint density at radius 3 is 2.42 bits per heavy atom. The summed E-state index contributed by atoms with van der Waals surface area (Å²) in [5.41, 5.74) is 0. The van der Waals surface area contributed by atoms with Crippen LogP contribution >= 0.6 is 12.0 Å². The summed E-state index contributed by atoms with van der Waals surface area (Å²) in [4.78, 5) is 0.792. The molecule has 5 atom stereocenters. The second-order valence-electron chi connectivity index (χ2n) is 4.19. The normalized spacial score (nSPS) is 35.3. The lowest BCUT2D eigenvalue weighted by Gasteiger charge is -2.39. The molecule has 1 aromatic rings. The Labute approximate surface area is 114 Å². The zero-order chi connectivity index (χ0) is 13.8. The minimum absolute atomic E-state index is 0.492. The molecule has 0 amide bonds. The predicted molar refractivity (Wildman–Crippen MR) is 67.2 cm³/mol. The summed E-state index contributed by atoms with van der Waals surface area (Å²) < 4.78 is 10.3. The lowest BCUT2D eigenvalue weighted by molar-refractivity contribution is -0.278. The fraction of sp³-hybridized carbons (Fsp3) is 0.500. The number of aliphatic hydroxyl groups is 4. The molecule has 106 valence electrons. The average molecular weight is 288 g/mol. The van der Waals surface area contributed by atoms with Crippen LogP contribution in [0.5, 0.6) is 0 Å². The van der Waals surface area contributed by atoms with Gasteiger partial charge < -0.3 is 25.2 Å². The van der Waals surface area contributed by atoms with Crippen molar-refractivity contribution in [2.45, 2.75) is 35.6 Å². The first kappa shape index (κ1) is 14.7. The molecular formula is C12H16O6S. The number of ether oxygens (including phenoxy) is 1. The van der Waals surface area contributed by atoms with Gasteiger partial charge >= 0.3 is 0 Å². The van der Waals surface area contributed by atoms with Crippen LogP contribution in [0.25, 0.3) is 0 Å². The summed E-state index contributed by atoms with van der Waals surface area (Å²) in [5.74, 6) is 0. The van der Waals surface area contributed by atoms with Crippen LogP contribution in [0.15, 0.2) is 35.2 Å². The van der Waals surface area contributed by atoms with E-state index in [0.29, 0.717) is 0 Å². The standard InChI is InChI=1S/C12H16O6S/c13-6-8-9(14)10(15)11(12(16)17-8)18-19-7-4-2-1-3-5-7/h1-5,8-16H,6H2/t8-,9-,10-,11+,12?/m1/s1. The van der Waals surface area contributed by atoms with Crippen molar-refractivity contribution in [3.8, 4) is 0 Å². The third-order valence-corrected chi connectivity index (χ3v) is 3.62. The van der Waals surface area contributed by atoms with Gasteiger partial charge in [-0.25, -0.2) is 0 Å². The van der Waals surface area contributed by atoms with Crippen LogP contribution in [0.4, 0.5) is 0 Å². The van der Waals surface area contributed by atoms with Gasteiger partial charge in [0.15, 0.2) is 12.4 Å². The minimum Gasteiger partial charge on any atom is -0.394 e. The van der Waals surface area contributed by atoms with Gasteiger partial charge in [0.1, 0.15) is 18.3 Å². The molecule has 1 aromatic carbocycles. The first-order valence-electron chi connectivity index (χ1n) is 5.82. The predicted octanol–water partition coefficient (Wildman–Crippen LogP) is -0.490. The van der Waals surface area contributed by atoms with Crippen molar-refractivity contribution in [1.29, 1.82) is 0 Å². The third kappa shape index (κ3) is 3.46. The second kappa shape index (κ2) is 6.67. The monoisotopic (exact) mass is 288 g/mol. The SMILES string of the molecule is OC[C@H]1OC(O)[C@@H](OSc2ccccc2)[C@H](O)[C@@H]1O. The number of rotatable bonds is 4. The highest BCUT2D eigenvalue weighted by Crippen LogP contribution is 2.28. The van der Waals surface area contributed by atoms with Crippen molar-refractivity contribution in [2.75, 3.05) is 6.61 Å². The van der Waals surface area contributed by atoms with Gasteiger partial charge in [-0.15, -0.1) is 0 Å². The van der Waals surface area contributed by atoms with Crippen LogP contribution < -0.4 is 0 Å². The van der Waals surface area contributed by atoms with Crippen molar-refractivity contribution >= 4 is 12.0 Å². The third-order valence-electron chi connectivity index (χ3n) is 2.84. The summed E-state index contributed by atoms with van der Waals surface area (Å²) in [6.07, 6.45) is -6.17. The van der Waals surface area contributed by atoms with Crippen molar-refractivity contribution < 1.29 is 29.3 Å². The molecule has 19 heavy (non-hydrogen) atoms. The molecule has 6 nitrogen and oxygen atoms in total. The summed E-state index contributed by atoms with van der Waals surface area (Å²) in [6, 6.07) is 9.12. The van der Waals surface area contributed by atoms with Gasteiger partial charge in [-0.3, -0.25) is 4.18 Å². The molecule has 1 heterocycles. The van der Waals surface area contributed by atoms with Crippen LogP contribution in [0.1, 0.15) is 0 Å². The van der Waals surface area contributed by atoms with Crippen LogP contribution in [-0.2, 0) is 8.92 Å². The van der Waals surface area contributed by atoms with E-state index in [0.717, 1.165) is 16.9 Å². The fourth-order valence-electron chi connectivity index (χ4n) is 1.76. The molecule has 0 aromatic heterocycles. The lowest BCUT2D eigenvalue weighted by Crippen LogP contribution is -2.58. The molecule has 0 saturated carbocycles. The number of hydrogen-bond acceptors (Lipinski definition) is 7. The summed E-state index contributed by atoms with van der Waals surface area (Å²) in [6.45, 7) is -0.492. The smallest absolute Gasteiger partial charge is 0.185 e. The molecule has 1 aliphatic rings. The first-order chi connectivity index (χ1) is 9.13. The molecule has 0 aliphatic carbocycles. The van der Waals surface area contributed by atoms with E-state index in [4.69, 9.17) is 14.0 Å². The van der Waals surface area contributed by atoms with Gasteiger partial charge in [0, 0.05) is 16.9 Å². The van der Waals surface area contributed by atoms with Crippen LogP contribution in [-0.4, -0.2) is 57.7 Å². The van der Waals surface area contributed by atoms with E-state index in [2.05, 4.69) is 0 Å². The average Bonchev–Trinajstić information content (AvgIpc) is 2.44. The van der Waals surface area contributed by atoms with E-state index in [1.54, 1.807) is 12.1 Å². The Hall–Kier alpha value is -0.670. The highest BCUT2D eigenvalue weighted by atomic mass is 32.2. The first-order valence-corrected chi connectivity index (χ1v) is 6.56. The van der Waals surface area contributed by atoms with Crippen molar-refractivity contribution in [3.05, 3.63) is 30.3 Å². The molecule has 1 fully saturated rings. The molecule has 4 N–H and O–H groups in total. The highest BCUT2D eigenvalue weighted by molar-refractivity contribution is 7.94. The Morgan fingerprint density at radius 2 is 1.79 bits per heavy atom. The maximum absolute atomic E-state index is 9.85. The molecule has 7 heteroatoms. The number of benzene rings is 1. The molecule has 1 aliphatic heterocycles. The topological polar surface area (TPSA) is 99.4 Å². The Bertz CT molecular complexity index is 389. The van der Waals surface area contributed by atoms with E-state index in [9.17, 15) is 15.3 Å². The highest BCUT2D eigenvalue weighted by Gasteiger charge is 2.44. The second-order valence-corrected chi connectivity index (χ2v) is 5.02.